The highest BCUT2D eigenvalue weighted by Crippen LogP contribution is 2.28. The molecule has 0 aromatic heterocycles. The van der Waals surface area contributed by atoms with Gasteiger partial charge in [0, 0.05) is 10.5 Å². The van der Waals surface area contributed by atoms with Crippen molar-refractivity contribution in [2.45, 2.75) is 43.0 Å². The van der Waals surface area contributed by atoms with Crippen molar-refractivity contribution < 1.29 is 18.3 Å². The number of hydrogen-bond acceptors (Lipinski definition) is 5. The molecule has 0 aliphatic heterocycles. The summed E-state index contributed by atoms with van der Waals surface area (Å²) < 4.78 is 28.6. The van der Waals surface area contributed by atoms with Gasteiger partial charge >= 0.3 is 0 Å². The van der Waals surface area contributed by atoms with Crippen LogP contribution in [0.25, 0.3) is 0 Å². The number of phenols is 1. The van der Waals surface area contributed by atoms with Gasteiger partial charge in [-0.05, 0) is 66.9 Å². The number of hydrazone groups is 1. The van der Waals surface area contributed by atoms with Crippen molar-refractivity contribution in [1.82, 2.24) is 9.73 Å². The number of amides is 1. The third-order valence-corrected chi connectivity index (χ3v) is 7.44. The Morgan fingerprint density at radius 2 is 1.73 bits per heavy atom. The van der Waals surface area contributed by atoms with E-state index in [1.807, 2.05) is 0 Å². The normalized spacial score (nSPS) is 15.5. The molecule has 160 valence electrons. The smallest absolute Gasteiger partial charge is 0.255 e. The fourth-order valence-corrected chi connectivity index (χ4v) is 5.34. The summed E-state index contributed by atoms with van der Waals surface area (Å²) in [6.07, 6.45) is 5.87. The Hall–Kier alpha value is -2.23. The Morgan fingerprint density at radius 1 is 1.10 bits per heavy atom. The Labute approximate surface area is 185 Å². The molecule has 0 radical (unpaired) electrons. The lowest BCUT2D eigenvalue weighted by Crippen LogP contribution is -2.46. The summed E-state index contributed by atoms with van der Waals surface area (Å²) in [6.45, 7) is -0.296. The molecule has 7 nitrogen and oxygen atoms in total. The van der Waals surface area contributed by atoms with E-state index in [2.05, 4.69) is 26.5 Å². The molecule has 0 saturated heterocycles. The van der Waals surface area contributed by atoms with Crippen molar-refractivity contribution in [3.63, 3.8) is 0 Å². The topological polar surface area (TPSA) is 99.1 Å². The molecule has 1 aliphatic rings. The standard InChI is InChI=1S/C21H24BrN3O4S/c22-17-8-12-20(13-9-17)30(28,29)25(18-4-2-1-3-5-18)15-21(27)24-23-14-16-6-10-19(26)11-7-16/h6-14,18,26H,1-5,15H2,(H,24,27)/b23-14+. The van der Waals surface area contributed by atoms with Gasteiger partial charge in [-0.2, -0.15) is 9.41 Å². The van der Waals surface area contributed by atoms with Crippen LogP contribution in [0.5, 0.6) is 5.75 Å². The Morgan fingerprint density at radius 3 is 2.37 bits per heavy atom. The molecule has 0 atom stereocenters. The molecule has 1 saturated carbocycles. The lowest BCUT2D eigenvalue weighted by Gasteiger charge is -2.32. The maximum Gasteiger partial charge on any atom is 0.255 e. The van der Waals surface area contributed by atoms with Crippen LogP contribution in [-0.4, -0.2) is 42.5 Å². The quantitative estimate of drug-likeness (QED) is 0.454. The number of hydrogen-bond donors (Lipinski definition) is 2. The van der Waals surface area contributed by atoms with Gasteiger partial charge in [-0.3, -0.25) is 4.79 Å². The molecule has 30 heavy (non-hydrogen) atoms. The third kappa shape index (κ3) is 5.90. The molecule has 1 fully saturated rings. The van der Waals surface area contributed by atoms with Crippen molar-refractivity contribution in [3.05, 3.63) is 58.6 Å². The number of nitrogens with zero attached hydrogens (tertiary/aromatic N) is 2. The fraction of sp³-hybridized carbons (Fsp3) is 0.333. The van der Waals surface area contributed by atoms with Gasteiger partial charge in [-0.25, -0.2) is 13.8 Å². The average Bonchev–Trinajstić information content (AvgIpc) is 2.74. The molecular weight excluding hydrogens is 470 g/mol. The average molecular weight is 494 g/mol. The highest BCUT2D eigenvalue weighted by atomic mass is 79.9. The first kappa shape index (κ1) is 22.5. The van der Waals surface area contributed by atoms with Crippen molar-refractivity contribution in [2.75, 3.05) is 6.54 Å². The molecule has 0 unspecified atom stereocenters. The molecule has 1 aliphatic carbocycles. The number of rotatable bonds is 7. The van der Waals surface area contributed by atoms with E-state index < -0.39 is 15.9 Å². The summed E-state index contributed by atoms with van der Waals surface area (Å²) in [6, 6.07) is 12.5. The minimum absolute atomic E-state index is 0.137. The zero-order valence-electron chi connectivity index (χ0n) is 16.4. The lowest BCUT2D eigenvalue weighted by molar-refractivity contribution is -0.121. The van der Waals surface area contributed by atoms with E-state index in [4.69, 9.17) is 0 Å². The van der Waals surface area contributed by atoms with E-state index >= 15 is 0 Å². The van der Waals surface area contributed by atoms with Crippen molar-refractivity contribution in [3.8, 4) is 5.75 Å². The van der Waals surface area contributed by atoms with Gasteiger partial charge in [-0.1, -0.05) is 35.2 Å². The molecule has 0 heterocycles. The summed E-state index contributed by atoms with van der Waals surface area (Å²) in [5, 5.41) is 13.2. The first-order chi connectivity index (χ1) is 14.4. The molecule has 3 rings (SSSR count). The monoisotopic (exact) mass is 493 g/mol. The number of sulfonamides is 1. The zero-order chi connectivity index (χ0) is 21.6. The summed E-state index contributed by atoms with van der Waals surface area (Å²) in [7, 11) is -3.82. The van der Waals surface area contributed by atoms with Crippen LogP contribution < -0.4 is 5.43 Å². The summed E-state index contributed by atoms with van der Waals surface area (Å²) in [5.74, 6) is -0.367. The molecule has 2 N–H and O–H groups in total. The predicted molar refractivity (Wildman–Crippen MR) is 119 cm³/mol. The highest BCUT2D eigenvalue weighted by Gasteiger charge is 2.33. The summed E-state index contributed by atoms with van der Waals surface area (Å²) in [5.41, 5.74) is 3.10. The molecule has 1 amide bonds. The van der Waals surface area contributed by atoms with Crippen molar-refractivity contribution in [2.24, 2.45) is 5.10 Å². The number of halogens is 1. The number of benzene rings is 2. The minimum Gasteiger partial charge on any atom is -0.508 e. The van der Waals surface area contributed by atoms with Gasteiger partial charge in [0.15, 0.2) is 0 Å². The lowest BCUT2D eigenvalue weighted by atomic mass is 9.95. The number of carbonyl (C=O) groups is 1. The Kier molecular flexibility index (Phi) is 7.63. The van der Waals surface area contributed by atoms with E-state index in [1.54, 1.807) is 24.3 Å². The van der Waals surface area contributed by atoms with Gasteiger partial charge in [-0.15, -0.1) is 0 Å². The number of nitrogens with one attached hydrogen (secondary N) is 1. The SMILES string of the molecule is O=C(CN(C1CCCCC1)S(=O)(=O)c1ccc(Br)cc1)N/N=C/c1ccc(O)cc1. The molecule has 0 bridgehead atoms. The summed E-state index contributed by atoms with van der Waals surface area (Å²) >= 11 is 3.32. The highest BCUT2D eigenvalue weighted by molar-refractivity contribution is 9.10. The van der Waals surface area contributed by atoms with E-state index in [9.17, 15) is 18.3 Å². The number of phenolic OH excluding ortho intramolecular Hbond substituents is 1. The zero-order valence-corrected chi connectivity index (χ0v) is 18.8. The van der Waals surface area contributed by atoms with Crippen LogP contribution in [0.15, 0.2) is 63.0 Å². The largest absolute Gasteiger partial charge is 0.508 e. The van der Waals surface area contributed by atoms with Gasteiger partial charge in [0.1, 0.15) is 5.75 Å². The minimum atomic E-state index is -3.82. The van der Waals surface area contributed by atoms with Crippen molar-refractivity contribution in [1.29, 1.82) is 0 Å². The van der Waals surface area contributed by atoms with Gasteiger partial charge in [0.05, 0.1) is 17.7 Å². The summed E-state index contributed by atoms with van der Waals surface area (Å²) in [4.78, 5) is 12.7. The third-order valence-electron chi connectivity index (χ3n) is 5.00. The molecule has 2 aromatic carbocycles. The maximum atomic E-state index is 13.3. The van der Waals surface area contributed by atoms with Crippen LogP contribution in [0.3, 0.4) is 0 Å². The van der Waals surface area contributed by atoms with Gasteiger partial charge in [0.2, 0.25) is 10.0 Å². The molecule has 0 spiro atoms. The fourth-order valence-electron chi connectivity index (χ4n) is 3.44. The van der Waals surface area contributed by atoms with E-state index in [0.717, 1.165) is 36.6 Å². The van der Waals surface area contributed by atoms with Gasteiger partial charge < -0.3 is 5.11 Å². The van der Waals surface area contributed by atoms with Crippen LogP contribution in [0, 0.1) is 0 Å². The van der Waals surface area contributed by atoms with Crippen LogP contribution in [0.4, 0.5) is 0 Å². The number of carbonyl (C=O) groups excluding carboxylic acids is 1. The van der Waals surface area contributed by atoms with Gasteiger partial charge in [0.25, 0.3) is 5.91 Å². The molecule has 9 heteroatoms. The van der Waals surface area contributed by atoms with Crippen molar-refractivity contribution >= 4 is 38.1 Å². The van der Waals surface area contributed by atoms with E-state index in [0.29, 0.717) is 5.56 Å². The Balaban J connectivity index is 1.74. The van der Waals surface area contributed by atoms with Crippen LogP contribution in [0.1, 0.15) is 37.7 Å². The van der Waals surface area contributed by atoms with Crippen LogP contribution >= 0.6 is 15.9 Å². The second kappa shape index (κ2) is 10.2. The second-order valence-electron chi connectivity index (χ2n) is 7.18. The first-order valence-electron chi connectivity index (χ1n) is 9.74. The van der Waals surface area contributed by atoms with E-state index in [1.165, 1.54) is 34.8 Å². The predicted octanol–water partition coefficient (Wildman–Crippen LogP) is 3.63. The van der Waals surface area contributed by atoms with Crippen LogP contribution in [0.2, 0.25) is 0 Å². The van der Waals surface area contributed by atoms with E-state index in [-0.39, 0.29) is 23.2 Å². The van der Waals surface area contributed by atoms with Crippen LogP contribution in [-0.2, 0) is 14.8 Å². The molecular formula is C21H24BrN3O4S. The molecule has 2 aromatic rings. The second-order valence-corrected chi connectivity index (χ2v) is 9.99. The maximum absolute atomic E-state index is 13.3. The Bertz CT molecular complexity index is 986. The number of aromatic hydroxyl groups is 1. The first-order valence-corrected chi connectivity index (χ1v) is 12.0.